The van der Waals surface area contributed by atoms with Gasteiger partial charge in [0.2, 0.25) is 0 Å². The molecule has 20 heavy (non-hydrogen) atoms. The summed E-state index contributed by atoms with van der Waals surface area (Å²) in [4.78, 5) is 0. The fraction of sp³-hybridized carbons (Fsp3) is 0.158. The third kappa shape index (κ3) is 4.52. The summed E-state index contributed by atoms with van der Waals surface area (Å²) in [5.74, 6) is 0. The topological polar surface area (TPSA) is 9.23 Å². The Hall–Kier alpha value is -2.12. The van der Waals surface area contributed by atoms with Gasteiger partial charge in [0.1, 0.15) is 0 Å². The number of aryl methyl sites for hydroxylation is 1. The van der Waals surface area contributed by atoms with Gasteiger partial charge in [-0.2, -0.15) is 0 Å². The van der Waals surface area contributed by atoms with Crippen molar-refractivity contribution >= 4 is 12.2 Å². The molecule has 2 aromatic rings. The molecule has 0 amide bonds. The Bertz CT molecular complexity index is 574. The van der Waals surface area contributed by atoms with Gasteiger partial charge in [0, 0.05) is 7.11 Å². The van der Waals surface area contributed by atoms with E-state index in [0.29, 0.717) is 6.61 Å². The lowest BCUT2D eigenvalue weighted by molar-refractivity contribution is 0.185. The van der Waals surface area contributed by atoms with Gasteiger partial charge in [-0.05, 0) is 23.6 Å². The van der Waals surface area contributed by atoms with E-state index in [1.165, 1.54) is 22.3 Å². The quantitative estimate of drug-likeness (QED) is 0.700. The molecule has 0 saturated carbocycles. The normalized spacial score (nSPS) is 11.5. The highest BCUT2D eigenvalue weighted by atomic mass is 16.5. The summed E-state index contributed by atoms with van der Waals surface area (Å²) in [5, 5.41) is 0. The van der Waals surface area contributed by atoms with Gasteiger partial charge in [0.25, 0.3) is 0 Å². The van der Waals surface area contributed by atoms with Gasteiger partial charge in [-0.15, -0.1) is 0 Å². The van der Waals surface area contributed by atoms with Crippen LogP contribution in [0, 0.1) is 6.92 Å². The second-order valence-corrected chi connectivity index (χ2v) is 4.80. The molecule has 0 aromatic heterocycles. The molecule has 0 bridgehead atoms. The Morgan fingerprint density at radius 1 is 0.800 bits per heavy atom. The molecule has 0 unspecified atom stereocenters. The van der Waals surface area contributed by atoms with E-state index in [9.17, 15) is 0 Å². The first-order valence-corrected chi connectivity index (χ1v) is 6.77. The molecule has 102 valence electrons. The van der Waals surface area contributed by atoms with Crippen molar-refractivity contribution in [3.63, 3.8) is 0 Å². The minimum absolute atomic E-state index is 0.664. The lowest BCUT2D eigenvalue weighted by Gasteiger charge is -1.99. The molecule has 0 aliphatic carbocycles. The fourth-order valence-electron chi connectivity index (χ4n) is 1.90. The number of rotatable bonds is 5. The second-order valence-electron chi connectivity index (χ2n) is 4.80. The zero-order valence-electron chi connectivity index (χ0n) is 12.0. The first-order chi connectivity index (χ1) is 9.78. The number of methoxy groups -OCH3 is 1. The van der Waals surface area contributed by atoms with Crippen LogP contribution in [-0.4, -0.2) is 7.11 Å². The second kappa shape index (κ2) is 7.46. The van der Waals surface area contributed by atoms with E-state index < -0.39 is 0 Å². The van der Waals surface area contributed by atoms with E-state index in [-0.39, 0.29) is 0 Å². The summed E-state index contributed by atoms with van der Waals surface area (Å²) in [5.41, 5.74) is 4.89. The number of benzene rings is 2. The maximum absolute atomic E-state index is 5.09. The molecule has 0 heterocycles. The smallest absolute Gasteiger partial charge is 0.0713 e. The summed E-state index contributed by atoms with van der Waals surface area (Å²) in [6.07, 6.45) is 8.33. The van der Waals surface area contributed by atoms with Crippen LogP contribution in [0.5, 0.6) is 0 Å². The first-order valence-electron chi connectivity index (χ1n) is 6.77. The molecular weight excluding hydrogens is 244 g/mol. The number of hydrogen-bond donors (Lipinski definition) is 0. The van der Waals surface area contributed by atoms with E-state index >= 15 is 0 Å². The highest BCUT2D eigenvalue weighted by molar-refractivity contribution is 5.57. The van der Waals surface area contributed by atoms with Crippen LogP contribution in [0.25, 0.3) is 12.2 Å². The number of allylic oxidation sites excluding steroid dienone is 2. The maximum Gasteiger partial charge on any atom is 0.0713 e. The van der Waals surface area contributed by atoms with Crippen LogP contribution in [0.2, 0.25) is 0 Å². The molecule has 2 rings (SSSR count). The summed E-state index contributed by atoms with van der Waals surface area (Å²) in [7, 11) is 1.71. The molecular formula is C19H20O. The Balaban J connectivity index is 1.94. The predicted molar refractivity (Wildman–Crippen MR) is 86.4 cm³/mol. The molecule has 0 atom stereocenters. The summed E-state index contributed by atoms with van der Waals surface area (Å²) >= 11 is 0. The summed E-state index contributed by atoms with van der Waals surface area (Å²) in [6.45, 7) is 2.76. The van der Waals surface area contributed by atoms with Crippen molar-refractivity contribution in [1.82, 2.24) is 0 Å². The zero-order chi connectivity index (χ0) is 14.2. The van der Waals surface area contributed by atoms with Gasteiger partial charge in [-0.1, -0.05) is 78.4 Å². The monoisotopic (exact) mass is 264 g/mol. The van der Waals surface area contributed by atoms with E-state index in [2.05, 4.69) is 79.8 Å². The third-order valence-electron chi connectivity index (χ3n) is 3.06. The summed E-state index contributed by atoms with van der Waals surface area (Å²) in [6, 6.07) is 16.9. The van der Waals surface area contributed by atoms with Crippen molar-refractivity contribution in [2.24, 2.45) is 0 Å². The molecule has 0 N–H and O–H groups in total. The van der Waals surface area contributed by atoms with Crippen LogP contribution in [0.15, 0.2) is 60.7 Å². The van der Waals surface area contributed by atoms with Gasteiger partial charge in [-0.3, -0.25) is 0 Å². The Kier molecular flexibility index (Phi) is 5.33. The van der Waals surface area contributed by atoms with Gasteiger partial charge in [0.15, 0.2) is 0 Å². The third-order valence-corrected chi connectivity index (χ3v) is 3.06. The van der Waals surface area contributed by atoms with Gasteiger partial charge in [0.05, 0.1) is 6.61 Å². The first kappa shape index (κ1) is 14.3. The molecule has 2 aromatic carbocycles. The average molecular weight is 264 g/mol. The van der Waals surface area contributed by atoms with Gasteiger partial charge in [-0.25, -0.2) is 0 Å². The van der Waals surface area contributed by atoms with E-state index in [0.717, 1.165) is 0 Å². The van der Waals surface area contributed by atoms with Gasteiger partial charge >= 0.3 is 0 Å². The largest absolute Gasteiger partial charge is 0.380 e. The molecule has 0 saturated heterocycles. The molecule has 0 radical (unpaired) electrons. The fourth-order valence-corrected chi connectivity index (χ4v) is 1.90. The van der Waals surface area contributed by atoms with Crippen LogP contribution >= 0.6 is 0 Å². The van der Waals surface area contributed by atoms with Crippen molar-refractivity contribution in [2.75, 3.05) is 7.11 Å². The minimum atomic E-state index is 0.664. The standard InChI is InChI=1S/C19H20O/c1-16-7-9-17(10-8-16)5-3-4-6-18-11-13-19(14-12-18)15-20-2/h3-14H,15H2,1-2H3/b5-3+,6-4+. The Morgan fingerprint density at radius 2 is 1.30 bits per heavy atom. The van der Waals surface area contributed by atoms with Crippen molar-refractivity contribution in [3.05, 3.63) is 82.9 Å². The molecule has 1 nitrogen and oxygen atoms in total. The number of hydrogen-bond acceptors (Lipinski definition) is 1. The van der Waals surface area contributed by atoms with Crippen LogP contribution < -0.4 is 0 Å². The molecule has 0 spiro atoms. The maximum atomic E-state index is 5.09. The van der Waals surface area contributed by atoms with Crippen molar-refractivity contribution in [1.29, 1.82) is 0 Å². The minimum Gasteiger partial charge on any atom is -0.380 e. The Morgan fingerprint density at radius 3 is 1.80 bits per heavy atom. The van der Waals surface area contributed by atoms with Crippen molar-refractivity contribution in [2.45, 2.75) is 13.5 Å². The zero-order valence-corrected chi connectivity index (χ0v) is 12.0. The molecule has 0 aliphatic rings. The molecule has 0 fully saturated rings. The van der Waals surface area contributed by atoms with E-state index in [1.54, 1.807) is 7.11 Å². The van der Waals surface area contributed by atoms with Crippen LogP contribution in [0.1, 0.15) is 22.3 Å². The van der Waals surface area contributed by atoms with Crippen molar-refractivity contribution < 1.29 is 4.74 Å². The lowest BCUT2D eigenvalue weighted by Crippen LogP contribution is -1.86. The van der Waals surface area contributed by atoms with Gasteiger partial charge < -0.3 is 4.74 Å². The highest BCUT2D eigenvalue weighted by Crippen LogP contribution is 2.08. The molecule has 1 heteroatoms. The van der Waals surface area contributed by atoms with E-state index in [1.807, 2.05) is 0 Å². The Labute approximate surface area is 121 Å². The highest BCUT2D eigenvalue weighted by Gasteiger charge is 1.90. The van der Waals surface area contributed by atoms with E-state index in [4.69, 9.17) is 4.74 Å². The predicted octanol–water partition coefficient (Wildman–Crippen LogP) is 4.87. The van der Waals surface area contributed by atoms with Crippen LogP contribution in [0.4, 0.5) is 0 Å². The SMILES string of the molecule is COCc1ccc(/C=C/C=C/c2ccc(C)cc2)cc1. The summed E-state index contributed by atoms with van der Waals surface area (Å²) < 4.78 is 5.09. The van der Waals surface area contributed by atoms with Crippen molar-refractivity contribution in [3.8, 4) is 0 Å². The van der Waals surface area contributed by atoms with Crippen LogP contribution in [0.3, 0.4) is 0 Å². The number of ether oxygens (including phenoxy) is 1. The lowest BCUT2D eigenvalue weighted by atomic mass is 10.1. The average Bonchev–Trinajstić information content (AvgIpc) is 2.47. The van der Waals surface area contributed by atoms with Crippen LogP contribution in [-0.2, 0) is 11.3 Å². The molecule has 0 aliphatic heterocycles.